The highest BCUT2D eigenvalue weighted by molar-refractivity contribution is 9.09. The van der Waals surface area contributed by atoms with E-state index in [2.05, 4.69) is 30.0 Å². The number of alkyl halides is 1. The molecule has 9 heavy (non-hydrogen) atoms. The van der Waals surface area contributed by atoms with Gasteiger partial charge in [0.25, 0.3) is 0 Å². The zero-order chi connectivity index (χ0) is 6.41. The zero-order valence-corrected chi connectivity index (χ0v) is 9.26. The summed E-state index contributed by atoms with van der Waals surface area (Å²) in [5, 5.41) is 1.15. The van der Waals surface area contributed by atoms with Gasteiger partial charge in [0.15, 0.2) is 0 Å². The van der Waals surface area contributed by atoms with Gasteiger partial charge in [-0.15, -0.1) is 0 Å². The van der Waals surface area contributed by atoms with Crippen LogP contribution in [0.3, 0.4) is 0 Å². The smallest absolute Gasteiger partial charge is 0.0767 e. The topological polar surface area (TPSA) is 4.44 Å². The number of nitrogens with one attached hydrogen (secondary N) is 1. The van der Waals surface area contributed by atoms with E-state index < -0.39 is 0 Å². The molecule has 0 spiro atoms. The SMILES string of the molecule is C[NH+](C)CCCCBr.[Br-]. The second-order valence-electron chi connectivity index (χ2n) is 2.35. The number of unbranched alkanes of at least 4 members (excludes halogenated alkanes) is 1. The molecule has 0 aromatic heterocycles. The highest BCUT2D eigenvalue weighted by Crippen LogP contribution is 1.89. The van der Waals surface area contributed by atoms with E-state index in [9.17, 15) is 0 Å². The van der Waals surface area contributed by atoms with Gasteiger partial charge in [-0.05, 0) is 12.8 Å². The molecule has 0 rings (SSSR count). The summed E-state index contributed by atoms with van der Waals surface area (Å²) >= 11 is 3.39. The largest absolute Gasteiger partial charge is 1.00 e. The molecule has 0 bridgehead atoms. The maximum absolute atomic E-state index is 3.39. The first-order chi connectivity index (χ1) is 3.77. The van der Waals surface area contributed by atoms with E-state index in [-0.39, 0.29) is 17.0 Å². The Bertz CT molecular complexity index is 48.3. The first-order valence-corrected chi connectivity index (χ1v) is 4.24. The number of quaternary nitrogens is 1. The van der Waals surface area contributed by atoms with Gasteiger partial charge < -0.3 is 21.9 Å². The molecule has 0 radical (unpaired) electrons. The van der Waals surface area contributed by atoms with Crippen LogP contribution in [0.5, 0.6) is 0 Å². The van der Waals surface area contributed by atoms with Crippen molar-refractivity contribution in [3.05, 3.63) is 0 Å². The lowest BCUT2D eigenvalue weighted by molar-refractivity contribution is -0.858. The fourth-order valence-electron chi connectivity index (χ4n) is 0.573. The van der Waals surface area contributed by atoms with Gasteiger partial charge in [0.2, 0.25) is 0 Å². The third-order valence-electron chi connectivity index (χ3n) is 1.06. The monoisotopic (exact) mass is 259 g/mol. The van der Waals surface area contributed by atoms with E-state index in [0.29, 0.717) is 0 Å². The Hall–Kier alpha value is 0.920. The molecule has 0 amide bonds. The summed E-state index contributed by atoms with van der Waals surface area (Å²) in [6.07, 6.45) is 2.65. The highest BCUT2D eigenvalue weighted by Gasteiger charge is 1.90. The lowest BCUT2D eigenvalue weighted by Gasteiger charge is -2.04. The summed E-state index contributed by atoms with van der Waals surface area (Å²) in [6, 6.07) is 0. The minimum absolute atomic E-state index is 0. The molecule has 0 aromatic rings. The average molecular weight is 261 g/mol. The van der Waals surface area contributed by atoms with Gasteiger partial charge in [0.05, 0.1) is 20.6 Å². The van der Waals surface area contributed by atoms with Crippen LogP contribution in [0.4, 0.5) is 0 Å². The van der Waals surface area contributed by atoms with Crippen molar-refractivity contribution in [3.8, 4) is 0 Å². The molecular formula is C6H15Br2N. The van der Waals surface area contributed by atoms with E-state index >= 15 is 0 Å². The molecule has 0 atom stereocenters. The van der Waals surface area contributed by atoms with Gasteiger partial charge in [0, 0.05) is 5.33 Å². The van der Waals surface area contributed by atoms with Gasteiger partial charge in [-0.2, -0.15) is 0 Å². The molecule has 0 aliphatic carbocycles. The summed E-state index contributed by atoms with van der Waals surface area (Å²) in [7, 11) is 4.38. The van der Waals surface area contributed by atoms with Crippen LogP contribution in [0.25, 0.3) is 0 Å². The number of halogens is 2. The Morgan fingerprint density at radius 2 is 1.78 bits per heavy atom. The van der Waals surface area contributed by atoms with Gasteiger partial charge >= 0.3 is 0 Å². The van der Waals surface area contributed by atoms with Crippen molar-refractivity contribution in [2.45, 2.75) is 12.8 Å². The van der Waals surface area contributed by atoms with Gasteiger partial charge in [-0.3, -0.25) is 0 Å². The molecule has 0 fully saturated rings. The Morgan fingerprint density at radius 3 is 2.11 bits per heavy atom. The quantitative estimate of drug-likeness (QED) is 0.415. The van der Waals surface area contributed by atoms with E-state index in [1.54, 1.807) is 4.90 Å². The van der Waals surface area contributed by atoms with Crippen LogP contribution in [0.15, 0.2) is 0 Å². The average Bonchev–Trinajstić information content (AvgIpc) is 1.66. The number of hydrogen-bond donors (Lipinski definition) is 1. The highest BCUT2D eigenvalue weighted by atomic mass is 79.9. The molecule has 0 heterocycles. The molecule has 0 aliphatic rings. The molecular weight excluding hydrogens is 246 g/mol. The number of hydrogen-bond acceptors (Lipinski definition) is 0. The van der Waals surface area contributed by atoms with Gasteiger partial charge in [-0.25, -0.2) is 0 Å². The van der Waals surface area contributed by atoms with Crippen LogP contribution < -0.4 is 21.9 Å². The molecule has 0 saturated heterocycles. The molecule has 0 saturated carbocycles. The number of rotatable bonds is 4. The lowest BCUT2D eigenvalue weighted by atomic mass is 10.3. The van der Waals surface area contributed by atoms with Crippen molar-refractivity contribution in [1.29, 1.82) is 0 Å². The Labute approximate surface area is 76.7 Å². The maximum atomic E-state index is 3.39. The molecule has 0 aromatic carbocycles. The normalized spacial score (nSPS) is 9.33. The first kappa shape index (κ1) is 12.6. The third-order valence-corrected chi connectivity index (χ3v) is 1.62. The molecule has 1 N–H and O–H groups in total. The van der Waals surface area contributed by atoms with Crippen molar-refractivity contribution in [2.75, 3.05) is 26.0 Å². The standard InChI is InChI=1S/C6H14BrN.BrH/c1-8(2)6-4-3-5-7;/h3-6H2,1-2H3;1H. The molecule has 0 unspecified atom stereocenters. The first-order valence-electron chi connectivity index (χ1n) is 3.12. The van der Waals surface area contributed by atoms with Crippen molar-refractivity contribution >= 4 is 15.9 Å². The zero-order valence-electron chi connectivity index (χ0n) is 6.08. The van der Waals surface area contributed by atoms with Crippen molar-refractivity contribution in [1.82, 2.24) is 0 Å². The van der Waals surface area contributed by atoms with Gasteiger partial charge in [-0.1, -0.05) is 15.9 Å². The van der Waals surface area contributed by atoms with Crippen LogP contribution in [-0.4, -0.2) is 26.0 Å². The Kier molecular flexibility index (Phi) is 12.5. The van der Waals surface area contributed by atoms with Crippen molar-refractivity contribution in [3.63, 3.8) is 0 Å². The van der Waals surface area contributed by atoms with Crippen molar-refractivity contribution < 1.29 is 21.9 Å². The van der Waals surface area contributed by atoms with Crippen LogP contribution in [-0.2, 0) is 0 Å². The summed E-state index contributed by atoms with van der Waals surface area (Å²) in [6.45, 7) is 1.30. The fourth-order valence-corrected chi connectivity index (χ4v) is 0.970. The van der Waals surface area contributed by atoms with Crippen LogP contribution in [0.2, 0.25) is 0 Å². The minimum Gasteiger partial charge on any atom is -1.00 e. The van der Waals surface area contributed by atoms with Crippen LogP contribution in [0.1, 0.15) is 12.8 Å². The lowest BCUT2D eigenvalue weighted by Crippen LogP contribution is -3.05. The Balaban J connectivity index is 0. The van der Waals surface area contributed by atoms with E-state index in [1.807, 2.05) is 0 Å². The maximum Gasteiger partial charge on any atom is 0.0767 e. The predicted molar refractivity (Wildman–Crippen MR) is 40.7 cm³/mol. The summed E-state index contributed by atoms with van der Waals surface area (Å²) in [5.41, 5.74) is 0. The predicted octanol–water partition coefficient (Wildman–Crippen LogP) is -2.69. The van der Waals surface area contributed by atoms with Crippen LogP contribution in [0, 0.1) is 0 Å². The van der Waals surface area contributed by atoms with Gasteiger partial charge in [0.1, 0.15) is 0 Å². The van der Waals surface area contributed by atoms with Crippen molar-refractivity contribution in [2.24, 2.45) is 0 Å². The minimum atomic E-state index is 0. The Morgan fingerprint density at radius 1 is 1.22 bits per heavy atom. The summed E-state index contributed by atoms with van der Waals surface area (Å²) in [5.74, 6) is 0. The van der Waals surface area contributed by atoms with E-state index in [1.165, 1.54) is 19.4 Å². The second-order valence-corrected chi connectivity index (χ2v) is 3.15. The molecule has 1 nitrogen and oxygen atoms in total. The molecule has 3 heteroatoms. The van der Waals surface area contributed by atoms with E-state index in [4.69, 9.17) is 0 Å². The second kappa shape index (κ2) is 8.92. The summed E-state index contributed by atoms with van der Waals surface area (Å²) in [4.78, 5) is 1.55. The van der Waals surface area contributed by atoms with Crippen LogP contribution >= 0.6 is 15.9 Å². The molecule has 58 valence electrons. The third kappa shape index (κ3) is 12.2. The van der Waals surface area contributed by atoms with E-state index in [0.717, 1.165) is 5.33 Å². The molecule has 0 aliphatic heterocycles. The fraction of sp³-hybridized carbons (Fsp3) is 1.00. The summed E-state index contributed by atoms with van der Waals surface area (Å²) < 4.78 is 0.